The second-order valence-electron chi connectivity index (χ2n) is 3.55. The third kappa shape index (κ3) is 4.55. The molecule has 6 heteroatoms. The van der Waals surface area contributed by atoms with Crippen LogP contribution in [0.2, 0.25) is 0 Å². The number of anilines is 1. The van der Waals surface area contributed by atoms with Crippen LogP contribution in [0.5, 0.6) is 0 Å². The first-order valence-corrected chi connectivity index (χ1v) is 5.96. The number of rotatable bonds is 5. The Morgan fingerprint density at radius 2 is 1.94 bits per heavy atom. The van der Waals surface area contributed by atoms with Gasteiger partial charge in [-0.3, -0.25) is 0 Å². The molecule has 96 valence electrons. The third-order valence-electron chi connectivity index (χ3n) is 2.19. The van der Waals surface area contributed by atoms with E-state index >= 15 is 0 Å². The van der Waals surface area contributed by atoms with Gasteiger partial charge in [0.1, 0.15) is 0 Å². The molecule has 0 bridgehead atoms. The van der Waals surface area contributed by atoms with Gasteiger partial charge < -0.3 is 10.4 Å². The van der Waals surface area contributed by atoms with Gasteiger partial charge in [0, 0.05) is 23.3 Å². The van der Waals surface area contributed by atoms with E-state index in [-0.39, 0.29) is 12.3 Å². The molecule has 0 aliphatic heterocycles. The highest BCUT2D eigenvalue weighted by molar-refractivity contribution is 9.10. The summed E-state index contributed by atoms with van der Waals surface area (Å²) >= 11 is 3.14. The van der Waals surface area contributed by atoms with Crippen molar-refractivity contribution in [3.8, 4) is 0 Å². The van der Waals surface area contributed by atoms with Crippen LogP contribution in [0, 0.1) is 0 Å². The fourth-order valence-corrected chi connectivity index (χ4v) is 1.73. The number of alkyl halides is 3. The number of nitrogens with one attached hydrogen (secondary N) is 1. The van der Waals surface area contributed by atoms with E-state index in [0.29, 0.717) is 23.9 Å². The highest BCUT2D eigenvalue weighted by Gasteiger charge is 2.33. The maximum absolute atomic E-state index is 12.7. The molecule has 2 nitrogen and oxygen atoms in total. The lowest BCUT2D eigenvalue weighted by molar-refractivity contribution is -0.137. The van der Waals surface area contributed by atoms with Crippen molar-refractivity contribution in [2.45, 2.75) is 19.0 Å². The number of hydrogen-bond acceptors (Lipinski definition) is 2. The lowest BCUT2D eigenvalue weighted by atomic mass is 10.1. The van der Waals surface area contributed by atoms with E-state index in [4.69, 9.17) is 5.11 Å². The molecule has 0 fully saturated rings. The zero-order valence-electron chi connectivity index (χ0n) is 9.02. The maximum Gasteiger partial charge on any atom is 0.418 e. The van der Waals surface area contributed by atoms with E-state index in [1.54, 1.807) is 0 Å². The summed E-state index contributed by atoms with van der Waals surface area (Å²) in [5, 5.41) is 11.3. The van der Waals surface area contributed by atoms with Gasteiger partial charge in [-0.1, -0.05) is 15.9 Å². The largest absolute Gasteiger partial charge is 0.418 e. The molecule has 0 saturated carbocycles. The zero-order valence-corrected chi connectivity index (χ0v) is 10.6. The molecule has 17 heavy (non-hydrogen) atoms. The summed E-state index contributed by atoms with van der Waals surface area (Å²) in [6, 6.07) is 3.81. The molecule has 0 amide bonds. The van der Waals surface area contributed by atoms with E-state index in [9.17, 15) is 13.2 Å². The van der Waals surface area contributed by atoms with Crippen LogP contribution in [0.1, 0.15) is 18.4 Å². The molecule has 0 saturated heterocycles. The van der Waals surface area contributed by atoms with Gasteiger partial charge in [-0.2, -0.15) is 13.2 Å². The third-order valence-corrected chi connectivity index (χ3v) is 2.68. The van der Waals surface area contributed by atoms with Crippen molar-refractivity contribution in [3.05, 3.63) is 28.2 Å². The summed E-state index contributed by atoms with van der Waals surface area (Å²) < 4.78 is 38.6. The molecule has 0 atom stereocenters. The summed E-state index contributed by atoms with van der Waals surface area (Å²) in [4.78, 5) is 0. The van der Waals surface area contributed by atoms with Gasteiger partial charge in [0.25, 0.3) is 0 Å². The van der Waals surface area contributed by atoms with Crippen molar-refractivity contribution in [2.24, 2.45) is 0 Å². The molecule has 0 unspecified atom stereocenters. The first-order valence-electron chi connectivity index (χ1n) is 5.16. The molecule has 0 aliphatic rings. The lowest BCUT2D eigenvalue weighted by Gasteiger charge is -2.14. The van der Waals surface area contributed by atoms with Gasteiger partial charge in [0.05, 0.1) is 5.56 Å². The van der Waals surface area contributed by atoms with E-state index < -0.39 is 11.7 Å². The van der Waals surface area contributed by atoms with Crippen molar-refractivity contribution in [1.29, 1.82) is 0 Å². The summed E-state index contributed by atoms with van der Waals surface area (Å²) in [5.74, 6) is 0. The summed E-state index contributed by atoms with van der Waals surface area (Å²) in [7, 11) is 0. The zero-order chi connectivity index (χ0) is 12.9. The minimum absolute atomic E-state index is 0.0479. The normalized spacial score (nSPS) is 11.6. The van der Waals surface area contributed by atoms with Gasteiger partial charge in [-0.25, -0.2) is 0 Å². The summed E-state index contributed by atoms with van der Waals surface area (Å²) in [6.07, 6.45) is -3.16. The molecule has 0 aromatic heterocycles. The number of unbranched alkanes of at least 4 members (excludes halogenated alkanes) is 1. The molecule has 0 radical (unpaired) electrons. The molecule has 1 aromatic rings. The fraction of sp³-hybridized carbons (Fsp3) is 0.455. The van der Waals surface area contributed by atoms with Crippen LogP contribution in [0.25, 0.3) is 0 Å². The van der Waals surface area contributed by atoms with Crippen molar-refractivity contribution < 1.29 is 18.3 Å². The van der Waals surface area contributed by atoms with Crippen LogP contribution in [0.4, 0.5) is 18.9 Å². The van der Waals surface area contributed by atoms with Crippen molar-refractivity contribution >= 4 is 21.6 Å². The second-order valence-corrected chi connectivity index (χ2v) is 4.46. The molecule has 0 spiro atoms. The van der Waals surface area contributed by atoms with Gasteiger partial charge in [-0.15, -0.1) is 0 Å². The molecule has 0 aliphatic carbocycles. The minimum atomic E-state index is -4.36. The van der Waals surface area contributed by atoms with E-state index in [2.05, 4.69) is 21.2 Å². The Hall–Kier alpha value is -0.750. The number of aliphatic hydroxyl groups excluding tert-OH is 1. The molecule has 1 aromatic carbocycles. The Kier molecular flexibility index (Phi) is 5.27. The van der Waals surface area contributed by atoms with Crippen LogP contribution >= 0.6 is 15.9 Å². The Morgan fingerprint density at radius 3 is 2.53 bits per heavy atom. The molecule has 2 N–H and O–H groups in total. The number of benzene rings is 1. The predicted octanol–water partition coefficient (Wildman–Crippen LogP) is 3.65. The van der Waals surface area contributed by atoms with E-state index in [0.717, 1.165) is 6.07 Å². The molecular formula is C11H13BrF3NO. The smallest absolute Gasteiger partial charge is 0.396 e. The van der Waals surface area contributed by atoms with Crippen LogP contribution in [0.3, 0.4) is 0 Å². The predicted molar refractivity (Wildman–Crippen MR) is 64.0 cm³/mol. The molecule has 1 rings (SSSR count). The van der Waals surface area contributed by atoms with Gasteiger partial charge in [0.15, 0.2) is 0 Å². The first kappa shape index (κ1) is 14.3. The lowest BCUT2D eigenvalue weighted by Crippen LogP contribution is -2.11. The number of halogens is 4. The first-order chi connectivity index (χ1) is 7.95. The standard InChI is InChI=1S/C11H13BrF3NO/c12-8-3-4-9(11(13,14)15)10(7-8)16-5-1-2-6-17/h3-4,7,16-17H,1-2,5-6H2. The average Bonchev–Trinajstić information content (AvgIpc) is 2.23. The highest BCUT2D eigenvalue weighted by Crippen LogP contribution is 2.36. The fourth-order valence-electron chi connectivity index (χ4n) is 1.37. The van der Waals surface area contributed by atoms with Crippen LogP contribution in [0.15, 0.2) is 22.7 Å². The molecule has 0 heterocycles. The quantitative estimate of drug-likeness (QED) is 0.814. The maximum atomic E-state index is 12.7. The van der Waals surface area contributed by atoms with Gasteiger partial charge in [-0.05, 0) is 31.0 Å². The summed E-state index contributed by atoms with van der Waals surface area (Å²) in [6.45, 7) is 0.451. The van der Waals surface area contributed by atoms with Gasteiger partial charge >= 0.3 is 6.18 Å². The van der Waals surface area contributed by atoms with Crippen LogP contribution in [-0.2, 0) is 6.18 Å². The Bertz CT molecular complexity index is 368. The van der Waals surface area contributed by atoms with Crippen molar-refractivity contribution in [1.82, 2.24) is 0 Å². The summed E-state index contributed by atoms with van der Waals surface area (Å²) in [5.41, 5.74) is -0.616. The van der Waals surface area contributed by atoms with Crippen molar-refractivity contribution in [2.75, 3.05) is 18.5 Å². The number of aliphatic hydroxyl groups is 1. The van der Waals surface area contributed by atoms with Crippen LogP contribution < -0.4 is 5.32 Å². The van der Waals surface area contributed by atoms with Crippen LogP contribution in [-0.4, -0.2) is 18.3 Å². The monoisotopic (exact) mass is 311 g/mol. The SMILES string of the molecule is OCCCCNc1cc(Br)ccc1C(F)(F)F. The number of hydrogen-bond donors (Lipinski definition) is 2. The Labute approximate surface area is 106 Å². The highest BCUT2D eigenvalue weighted by atomic mass is 79.9. The minimum Gasteiger partial charge on any atom is -0.396 e. The molecular weight excluding hydrogens is 299 g/mol. The van der Waals surface area contributed by atoms with Crippen molar-refractivity contribution in [3.63, 3.8) is 0 Å². The Morgan fingerprint density at radius 1 is 1.24 bits per heavy atom. The second kappa shape index (κ2) is 6.26. The van der Waals surface area contributed by atoms with E-state index in [1.165, 1.54) is 12.1 Å². The van der Waals surface area contributed by atoms with E-state index in [1.807, 2.05) is 0 Å². The Balaban J connectivity index is 2.77. The average molecular weight is 312 g/mol. The topological polar surface area (TPSA) is 32.3 Å². The van der Waals surface area contributed by atoms with Gasteiger partial charge in [0.2, 0.25) is 0 Å².